The number of hydrogen-bond donors (Lipinski definition) is 2. The smallest absolute Gasteiger partial charge is 0.263 e. The molecule has 1 aliphatic carbocycles. The van der Waals surface area contributed by atoms with E-state index >= 15 is 0 Å². The van der Waals surface area contributed by atoms with Crippen LogP contribution in [0, 0.1) is 23.0 Å². The molecule has 4 rings (SSSR count). The maximum Gasteiger partial charge on any atom is 0.263 e. The van der Waals surface area contributed by atoms with Crippen molar-refractivity contribution in [1.29, 1.82) is 5.26 Å². The minimum Gasteiger partial charge on any atom is -0.363 e. The number of hydrogen-bond acceptors (Lipinski definition) is 4. The molecule has 0 spiro atoms. The molecule has 0 saturated carbocycles. The van der Waals surface area contributed by atoms with Crippen molar-refractivity contribution >= 4 is 15.7 Å². The van der Waals surface area contributed by atoms with Crippen LogP contribution in [0.3, 0.4) is 0 Å². The summed E-state index contributed by atoms with van der Waals surface area (Å²) in [6.45, 7) is 2.16. The van der Waals surface area contributed by atoms with Crippen molar-refractivity contribution in [2.75, 3.05) is 17.8 Å². The van der Waals surface area contributed by atoms with Gasteiger partial charge in [0.2, 0.25) is 0 Å². The summed E-state index contributed by atoms with van der Waals surface area (Å²) in [6.07, 6.45) is 6.05. The lowest BCUT2D eigenvalue weighted by atomic mass is 9.92. The maximum atomic E-state index is 14.1. The Labute approximate surface area is 162 Å². The lowest BCUT2D eigenvalue weighted by Gasteiger charge is -2.31. The van der Waals surface area contributed by atoms with Gasteiger partial charge in [-0.3, -0.25) is 9.62 Å². The summed E-state index contributed by atoms with van der Waals surface area (Å²) in [5, 5.41) is 8.75. The number of nitrogens with zero attached hydrogens (tertiary/aromatic N) is 2. The van der Waals surface area contributed by atoms with Crippen molar-refractivity contribution in [2.45, 2.75) is 43.0 Å². The number of sulfonamides is 1. The van der Waals surface area contributed by atoms with E-state index < -0.39 is 32.9 Å². The molecule has 1 aromatic heterocycles. The third kappa shape index (κ3) is 3.38. The fraction of sp³-hybridized carbons (Fsp3) is 0.421. The van der Waals surface area contributed by atoms with Gasteiger partial charge in [0.05, 0.1) is 11.3 Å². The minimum atomic E-state index is -4.09. The summed E-state index contributed by atoms with van der Waals surface area (Å²) in [5.41, 5.74) is 0.595. The first-order valence-corrected chi connectivity index (χ1v) is 10.7. The summed E-state index contributed by atoms with van der Waals surface area (Å²) in [6, 6.07) is 3.29. The van der Waals surface area contributed by atoms with Crippen LogP contribution in [0.1, 0.15) is 36.1 Å². The highest BCUT2D eigenvalue weighted by Crippen LogP contribution is 2.32. The Bertz CT molecular complexity index is 1050. The molecule has 28 heavy (non-hydrogen) atoms. The zero-order chi connectivity index (χ0) is 19.9. The number of aromatic nitrogens is 1. The van der Waals surface area contributed by atoms with E-state index in [2.05, 4.69) is 14.6 Å². The van der Waals surface area contributed by atoms with E-state index in [1.165, 1.54) is 25.1 Å². The van der Waals surface area contributed by atoms with Crippen molar-refractivity contribution in [2.24, 2.45) is 0 Å². The summed E-state index contributed by atoms with van der Waals surface area (Å²) in [4.78, 5) is 5.57. The SMILES string of the molecule is N#Cc1cc(F)c(NS(=O)(=O)c2c[nH]c3c2CCC(N2CCCC2)C3)cc1F. The highest BCUT2D eigenvalue weighted by Gasteiger charge is 2.31. The number of fused-ring (bicyclic) bond motifs is 1. The van der Waals surface area contributed by atoms with Crippen LogP contribution >= 0.6 is 0 Å². The topological polar surface area (TPSA) is 89.0 Å². The molecule has 6 nitrogen and oxygen atoms in total. The van der Waals surface area contributed by atoms with Gasteiger partial charge in [-0.1, -0.05) is 0 Å². The van der Waals surface area contributed by atoms with Crippen LogP contribution in [0.5, 0.6) is 0 Å². The normalized spacial score (nSPS) is 20.0. The van der Waals surface area contributed by atoms with Crippen LogP contribution in [0.25, 0.3) is 0 Å². The van der Waals surface area contributed by atoms with Crippen LogP contribution in [0.2, 0.25) is 0 Å². The second kappa shape index (κ2) is 7.18. The third-order valence-electron chi connectivity index (χ3n) is 5.57. The summed E-state index contributed by atoms with van der Waals surface area (Å²) < 4.78 is 55.6. The Morgan fingerprint density at radius 1 is 1.21 bits per heavy atom. The van der Waals surface area contributed by atoms with Crippen LogP contribution in [-0.2, 0) is 22.9 Å². The molecule has 9 heteroatoms. The lowest BCUT2D eigenvalue weighted by Crippen LogP contribution is -2.37. The van der Waals surface area contributed by atoms with E-state index in [1.54, 1.807) is 0 Å². The van der Waals surface area contributed by atoms with Gasteiger partial charge in [-0.15, -0.1) is 0 Å². The van der Waals surface area contributed by atoms with Gasteiger partial charge in [0.25, 0.3) is 10.0 Å². The average molecular weight is 406 g/mol. The predicted octanol–water partition coefficient (Wildman–Crippen LogP) is 2.92. The molecule has 0 amide bonds. The highest BCUT2D eigenvalue weighted by atomic mass is 32.2. The summed E-state index contributed by atoms with van der Waals surface area (Å²) in [5.74, 6) is -1.98. The van der Waals surface area contributed by atoms with Crippen LogP contribution in [-0.4, -0.2) is 37.4 Å². The molecule has 1 aromatic carbocycles. The number of nitrogens with one attached hydrogen (secondary N) is 2. The minimum absolute atomic E-state index is 0.0616. The van der Waals surface area contributed by atoms with Crippen LogP contribution < -0.4 is 4.72 Å². The van der Waals surface area contributed by atoms with Gasteiger partial charge in [0, 0.05) is 30.4 Å². The van der Waals surface area contributed by atoms with Gasteiger partial charge in [0.15, 0.2) is 0 Å². The number of H-pyrrole nitrogens is 1. The number of likely N-dealkylation sites (tertiary alicyclic amines) is 1. The van der Waals surface area contributed by atoms with Crippen molar-refractivity contribution < 1.29 is 17.2 Å². The first kappa shape index (κ1) is 18.9. The molecule has 2 heterocycles. The first-order valence-electron chi connectivity index (χ1n) is 9.24. The van der Waals surface area contributed by atoms with Crippen molar-refractivity contribution in [3.05, 3.63) is 46.8 Å². The Hall–Kier alpha value is -2.44. The molecule has 2 aromatic rings. The molecule has 1 fully saturated rings. The molecular weight excluding hydrogens is 386 g/mol. The van der Waals surface area contributed by atoms with Crippen LogP contribution in [0.4, 0.5) is 14.5 Å². The van der Waals surface area contributed by atoms with Crippen molar-refractivity contribution in [3.63, 3.8) is 0 Å². The van der Waals surface area contributed by atoms with Gasteiger partial charge >= 0.3 is 0 Å². The number of benzene rings is 1. The Kier molecular flexibility index (Phi) is 4.85. The molecule has 1 unspecified atom stereocenters. The lowest BCUT2D eigenvalue weighted by molar-refractivity contribution is 0.220. The number of aromatic amines is 1. The Morgan fingerprint density at radius 3 is 2.68 bits per heavy atom. The zero-order valence-corrected chi connectivity index (χ0v) is 16.0. The molecule has 1 atom stereocenters. The number of anilines is 1. The van der Waals surface area contributed by atoms with Crippen molar-refractivity contribution in [3.8, 4) is 6.07 Å². The fourth-order valence-corrected chi connectivity index (χ4v) is 5.47. The van der Waals surface area contributed by atoms with Gasteiger partial charge in [-0.25, -0.2) is 17.2 Å². The Balaban J connectivity index is 1.58. The van der Waals surface area contributed by atoms with E-state index in [9.17, 15) is 17.2 Å². The van der Waals surface area contributed by atoms with Gasteiger partial charge in [-0.05, 0) is 50.4 Å². The van der Waals surface area contributed by atoms with Crippen LogP contribution in [0.15, 0.2) is 23.2 Å². The molecular formula is C19H20F2N4O2S. The largest absolute Gasteiger partial charge is 0.363 e. The maximum absolute atomic E-state index is 14.1. The standard InChI is InChI=1S/C19H20F2N4O2S/c20-15-9-18(16(21)7-12(15)10-22)24-28(26,27)19-11-23-17-8-13(3-4-14(17)19)25-5-1-2-6-25/h7,9,11,13,23-24H,1-6,8H2. The number of halogens is 2. The summed E-state index contributed by atoms with van der Waals surface area (Å²) in [7, 11) is -4.09. The van der Waals surface area contributed by atoms with Gasteiger partial charge in [-0.2, -0.15) is 5.26 Å². The molecule has 2 aliphatic rings. The predicted molar refractivity (Wildman–Crippen MR) is 99.3 cm³/mol. The second-order valence-corrected chi connectivity index (χ2v) is 8.93. The fourth-order valence-electron chi connectivity index (χ4n) is 4.15. The second-order valence-electron chi connectivity index (χ2n) is 7.28. The molecule has 2 N–H and O–H groups in total. The van der Waals surface area contributed by atoms with E-state index in [0.29, 0.717) is 30.2 Å². The molecule has 148 valence electrons. The molecule has 0 bridgehead atoms. The van der Waals surface area contributed by atoms with E-state index in [4.69, 9.17) is 5.26 Å². The van der Waals surface area contributed by atoms with E-state index in [0.717, 1.165) is 31.6 Å². The number of rotatable bonds is 4. The zero-order valence-electron chi connectivity index (χ0n) is 15.1. The average Bonchev–Trinajstić information content (AvgIpc) is 3.33. The third-order valence-corrected chi connectivity index (χ3v) is 7.01. The Morgan fingerprint density at radius 2 is 1.96 bits per heavy atom. The molecule has 0 radical (unpaired) electrons. The van der Waals surface area contributed by atoms with Crippen molar-refractivity contribution in [1.82, 2.24) is 9.88 Å². The monoisotopic (exact) mass is 406 g/mol. The number of nitriles is 1. The van der Waals surface area contributed by atoms with Gasteiger partial charge in [0.1, 0.15) is 22.6 Å². The highest BCUT2D eigenvalue weighted by molar-refractivity contribution is 7.92. The van der Waals surface area contributed by atoms with E-state index in [1.807, 2.05) is 0 Å². The van der Waals surface area contributed by atoms with E-state index in [-0.39, 0.29) is 4.90 Å². The summed E-state index contributed by atoms with van der Waals surface area (Å²) >= 11 is 0. The van der Waals surface area contributed by atoms with Gasteiger partial charge < -0.3 is 4.98 Å². The first-order chi connectivity index (χ1) is 13.4. The quantitative estimate of drug-likeness (QED) is 0.817. The molecule has 1 saturated heterocycles. The molecule has 1 aliphatic heterocycles.